The van der Waals surface area contributed by atoms with Crippen molar-refractivity contribution in [2.75, 3.05) is 5.32 Å². The summed E-state index contributed by atoms with van der Waals surface area (Å²) in [4.78, 5) is 23.4. The summed E-state index contributed by atoms with van der Waals surface area (Å²) in [5, 5.41) is 12.3. The highest BCUT2D eigenvalue weighted by Gasteiger charge is 2.28. The van der Waals surface area contributed by atoms with Crippen LogP contribution in [-0.4, -0.2) is 17.0 Å². The Bertz CT molecular complexity index is 628. The van der Waals surface area contributed by atoms with Gasteiger partial charge in [-0.15, -0.1) is 0 Å². The van der Waals surface area contributed by atoms with Crippen LogP contribution in [0.4, 0.5) is 5.69 Å². The molecule has 2 aromatic carbocycles. The van der Waals surface area contributed by atoms with Crippen LogP contribution in [0.25, 0.3) is 0 Å². The Balaban J connectivity index is 2.23. The fraction of sp³-hybridized carbons (Fsp3) is 0.0667. The summed E-state index contributed by atoms with van der Waals surface area (Å²) in [5.41, 5.74) is 0.893. The zero-order valence-corrected chi connectivity index (χ0v) is 11.2. The maximum absolute atomic E-state index is 12.1. The van der Waals surface area contributed by atoms with Crippen molar-refractivity contribution in [2.45, 2.75) is 5.92 Å². The maximum atomic E-state index is 12.1. The first-order chi connectivity index (χ1) is 9.58. The van der Waals surface area contributed by atoms with Gasteiger partial charge in [0.25, 0.3) is 0 Å². The predicted octanol–water partition coefficient (Wildman–Crippen LogP) is 3.15. The van der Waals surface area contributed by atoms with E-state index in [1.54, 1.807) is 54.6 Å². The molecule has 2 rings (SSSR count). The average Bonchev–Trinajstić information content (AvgIpc) is 2.39. The molecule has 5 heteroatoms. The van der Waals surface area contributed by atoms with E-state index in [1.165, 1.54) is 0 Å². The molecule has 2 N–H and O–H groups in total. The van der Waals surface area contributed by atoms with E-state index in [0.29, 0.717) is 16.3 Å². The van der Waals surface area contributed by atoms with E-state index < -0.39 is 17.8 Å². The lowest BCUT2D eigenvalue weighted by atomic mass is 9.98. The first-order valence-electron chi connectivity index (χ1n) is 5.92. The molecule has 0 aromatic heterocycles. The van der Waals surface area contributed by atoms with Crippen molar-refractivity contribution in [1.82, 2.24) is 0 Å². The minimum Gasteiger partial charge on any atom is -0.480 e. The summed E-state index contributed by atoms with van der Waals surface area (Å²) >= 11 is 5.82. The third-order valence-corrected chi connectivity index (χ3v) is 2.97. The molecule has 102 valence electrons. The molecular weight excluding hydrogens is 278 g/mol. The van der Waals surface area contributed by atoms with Gasteiger partial charge >= 0.3 is 5.97 Å². The van der Waals surface area contributed by atoms with Gasteiger partial charge in [0, 0.05) is 10.7 Å². The molecule has 0 spiro atoms. The van der Waals surface area contributed by atoms with E-state index in [9.17, 15) is 14.7 Å². The average molecular weight is 290 g/mol. The Morgan fingerprint density at radius 3 is 2.35 bits per heavy atom. The second-order valence-electron chi connectivity index (χ2n) is 4.18. The van der Waals surface area contributed by atoms with Crippen molar-refractivity contribution in [3.8, 4) is 0 Å². The molecule has 0 aliphatic carbocycles. The van der Waals surface area contributed by atoms with Gasteiger partial charge in [0.2, 0.25) is 5.91 Å². The Morgan fingerprint density at radius 1 is 1.05 bits per heavy atom. The third-order valence-electron chi connectivity index (χ3n) is 2.73. The lowest BCUT2D eigenvalue weighted by molar-refractivity contribution is -0.141. The molecule has 1 atom stereocenters. The molecule has 0 aliphatic rings. The van der Waals surface area contributed by atoms with Crippen molar-refractivity contribution in [3.63, 3.8) is 0 Å². The summed E-state index contributed by atoms with van der Waals surface area (Å²) < 4.78 is 0. The van der Waals surface area contributed by atoms with E-state index in [1.807, 2.05) is 0 Å². The number of carbonyl (C=O) groups is 2. The molecule has 0 aliphatic heterocycles. The molecule has 1 amide bonds. The number of benzene rings is 2. The minimum absolute atomic E-state index is 0.430. The minimum atomic E-state index is -1.25. The summed E-state index contributed by atoms with van der Waals surface area (Å²) in [6.45, 7) is 0. The molecule has 0 radical (unpaired) electrons. The molecule has 1 unspecified atom stereocenters. The molecule has 4 nitrogen and oxygen atoms in total. The lowest BCUT2D eigenvalue weighted by Crippen LogP contribution is -2.27. The van der Waals surface area contributed by atoms with Crippen molar-refractivity contribution in [3.05, 3.63) is 65.2 Å². The SMILES string of the molecule is O=C(O)C(C(=O)Nc1cccc(Cl)c1)c1ccccc1. The second-order valence-corrected chi connectivity index (χ2v) is 4.62. The molecule has 0 fully saturated rings. The zero-order chi connectivity index (χ0) is 14.5. The van der Waals surface area contributed by atoms with E-state index >= 15 is 0 Å². The number of rotatable bonds is 4. The first kappa shape index (κ1) is 14.1. The van der Waals surface area contributed by atoms with Crippen LogP contribution < -0.4 is 5.32 Å². The van der Waals surface area contributed by atoms with Crippen LogP contribution in [0.15, 0.2) is 54.6 Å². The van der Waals surface area contributed by atoms with Gasteiger partial charge in [0.05, 0.1) is 0 Å². The summed E-state index contributed by atoms with van der Waals surface area (Å²) in [7, 11) is 0. The van der Waals surface area contributed by atoms with Gasteiger partial charge in [0.15, 0.2) is 5.92 Å². The highest BCUT2D eigenvalue weighted by molar-refractivity contribution is 6.31. The van der Waals surface area contributed by atoms with Crippen LogP contribution in [0, 0.1) is 0 Å². The van der Waals surface area contributed by atoms with Gasteiger partial charge in [-0.25, -0.2) is 0 Å². The summed E-state index contributed by atoms with van der Waals surface area (Å²) in [5.74, 6) is -3.06. The van der Waals surface area contributed by atoms with Gasteiger partial charge in [0.1, 0.15) is 0 Å². The van der Waals surface area contributed by atoms with E-state index in [4.69, 9.17) is 11.6 Å². The highest BCUT2D eigenvalue weighted by atomic mass is 35.5. The maximum Gasteiger partial charge on any atom is 0.320 e. The normalized spacial score (nSPS) is 11.7. The van der Waals surface area contributed by atoms with Crippen LogP contribution in [0.5, 0.6) is 0 Å². The quantitative estimate of drug-likeness (QED) is 0.850. The number of amides is 1. The number of halogens is 1. The molecular formula is C15H12ClNO3. The Hall–Kier alpha value is -2.33. The second kappa shape index (κ2) is 6.21. The number of hydrogen-bond acceptors (Lipinski definition) is 2. The lowest BCUT2D eigenvalue weighted by Gasteiger charge is -2.13. The standard InChI is InChI=1S/C15H12ClNO3/c16-11-7-4-8-12(9-11)17-14(18)13(15(19)20)10-5-2-1-3-6-10/h1-9,13H,(H,17,18)(H,19,20). The highest BCUT2D eigenvalue weighted by Crippen LogP contribution is 2.20. The van der Waals surface area contributed by atoms with Crippen LogP contribution in [0.3, 0.4) is 0 Å². The first-order valence-corrected chi connectivity index (χ1v) is 6.30. The predicted molar refractivity (Wildman–Crippen MR) is 76.9 cm³/mol. The zero-order valence-electron chi connectivity index (χ0n) is 10.4. The van der Waals surface area contributed by atoms with Gasteiger partial charge in [-0.2, -0.15) is 0 Å². The van der Waals surface area contributed by atoms with Crippen LogP contribution in [-0.2, 0) is 9.59 Å². The molecule has 0 saturated carbocycles. The fourth-order valence-electron chi connectivity index (χ4n) is 1.83. The molecule has 20 heavy (non-hydrogen) atoms. The Morgan fingerprint density at radius 2 is 1.75 bits per heavy atom. The van der Waals surface area contributed by atoms with Gasteiger partial charge < -0.3 is 10.4 Å². The summed E-state index contributed by atoms with van der Waals surface area (Å²) in [6, 6.07) is 14.9. The summed E-state index contributed by atoms with van der Waals surface area (Å²) in [6.07, 6.45) is 0. The number of carboxylic acid groups (broad SMARTS) is 1. The third kappa shape index (κ3) is 3.36. The number of carbonyl (C=O) groups excluding carboxylic acids is 1. The number of nitrogens with one attached hydrogen (secondary N) is 1. The smallest absolute Gasteiger partial charge is 0.320 e. The Labute approximate surface area is 121 Å². The molecule has 0 bridgehead atoms. The fourth-order valence-corrected chi connectivity index (χ4v) is 2.02. The van der Waals surface area contributed by atoms with E-state index in [2.05, 4.69) is 5.32 Å². The monoisotopic (exact) mass is 289 g/mol. The topological polar surface area (TPSA) is 66.4 Å². The van der Waals surface area contributed by atoms with Gasteiger partial charge in [-0.05, 0) is 23.8 Å². The van der Waals surface area contributed by atoms with Crippen molar-refractivity contribution < 1.29 is 14.7 Å². The van der Waals surface area contributed by atoms with Gasteiger partial charge in [-0.1, -0.05) is 48.0 Å². The van der Waals surface area contributed by atoms with Crippen molar-refractivity contribution >= 4 is 29.2 Å². The van der Waals surface area contributed by atoms with Crippen LogP contribution >= 0.6 is 11.6 Å². The van der Waals surface area contributed by atoms with Crippen molar-refractivity contribution in [2.24, 2.45) is 0 Å². The van der Waals surface area contributed by atoms with Crippen LogP contribution in [0.1, 0.15) is 11.5 Å². The van der Waals surface area contributed by atoms with Gasteiger partial charge in [-0.3, -0.25) is 9.59 Å². The molecule has 0 heterocycles. The number of anilines is 1. The van der Waals surface area contributed by atoms with Crippen molar-refractivity contribution in [1.29, 1.82) is 0 Å². The number of carboxylic acids is 1. The molecule has 2 aromatic rings. The largest absolute Gasteiger partial charge is 0.480 e. The van der Waals surface area contributed by atoms with E-state index in [-0.39, 0.29) is 0 Å². The number of aliphatic carboxylic acids is 1. The molecule has 0 saturated heterocycles. The Kier molecular flexibility index (Phi) is 4.38. The van der Waals surface area contributed by atoms with E-state index in [0.717, 1.165) is 0 Å². The van der Waals surface area contributed by atoms with Crippen LogP contribution in [0.2, 0.25) is 5.02 Å². The number of hydrogen-bond donors (Lipinski definition) is 2.